The molecule has 0 fully saturated rings. The molecular formula is C26H24N2O3. The number of rotatable bonds is 5. The number of benzene rings is 3. The lowest BCUT2D eigenvalue weighted by Gasteiger charge is -2.16. The van der Waals surface area contributed by atoms with Crippen molar-refractivity contribution in [2.24, 2.45) is 0 Å². The number of aryl methyl sites for hydroxylation is 3. The van der Waals surface area contributed by atoms with Crippen LogP contribution in [-0.4, -0.2) is 18.9 Å². The topological polar surface area (TPSA) is 58.6 Å². The maximum Gasteiger partial charge on any atom is 0.282 e. The zero-order chi connectivity index (χ0) is 22.1. The predicted octanol–water partition coefficient (Wildman–Crippen LogP) is 5.02. The molecule has 0 aromatic heterocycles. The average Bonchev–Trinajstić information content (AvgIpc) is 2.99. The summed E-state index contributed by atoms with van der Waals surface area (Å²) in [5, 5.41) is 3.20. The summed E-state index contributed by atoms with van der Waals surface area (Å²) in [5.74, 6) is -0.157. The Bertz CT molecular complexity index is 1190. The minimum absolute atomic E-state index is 0.235. The number of carbonyl (C=O) groups excluding carboxylic acids is 2. The first-order valence-electron chi connectivity index (χ1n) is 10.1. The fraction of sp³-hybridized carbons (Fsp3) is 0.154. The van der Waals surface area contributed by atoms with Gasteiger partial charge in [0.2, 0.25) is 0 Å². The molecule has 156 valence electrons. The third-order valence-corrected chi connectivity index (χ3v) is 5.33. The Morgan fingerprint density at radius 2 is 1.32 bits per heavy atom. The molecule has 0 bridgehead atoms. The highest BCUT2D eigenvalue weighted by atomic mass is 16.5. The summed E-state index contributed by atoms with van der Waals surface area (Å²) in [7, 11) is 1.57. The van der Waals surface area contributed by atoms with E-state index in [9.17, 15) is 9.59 Å². The van der Waals surface area contributed by atoms with Gasteiger partial charge >= 0.3 is 0 Å². The smallest absolute Gasteiger partial charge is 0.282 e. The second-order valence-corrected chi connectivity index (χ2v) is 7.73. The van der Waals surface area contributed by atoms with Crippen LogP contribution in [-0.2, 0) is 9.59 Å². The van der Waals surface area contributed by atoms with Crippen LogP contribution in [0, 0.1) is 20.8 Å². The predicted molar refractivity (Wildman–Crippen MR) is 123 cm³/mol. The van der Waals surface area contributed by atoms with E-state index < -0.39 is 5.91 Å². The molecule has 5 heteroatoms. The Hall–Kier alpha value is -3.86. The van der Waals surface area contributed by atoms with Crippen LogP contribution in [0.1, 0.15) is 22.3 Å². The second-order valence-electron chi connectivity index (χ2n) is 7.73. The molecule has 5 nitrogen and oxygen atoms in total. The van der Waals surface area contributed by atoms with Gasteiger partial charge in [0.15, 0.2) is 0 Å². The molecule has 1 aliphatic rings. The third-order valence-electron chi connectivity index (χ3n) is 5.33. The van der Waals surface area contributed by atoms with E-state index >= 15 is 0 Å². The highest BCUT2D eigenvalue weighted by molar-refractivity contribution is 6.46. The molecule has 0 unspecified atom stereocenters. The first kappa shape index (κ1) is 20.4. The van der Waals surface area contributed by atoms with E-state index in [4.69, 9.17) is 4.74 Å². The fourth-order valence-corrected chi connectivity index (χ4v) is 3.62. The zero-order valence-corrected chi connectivity index (χ0v) is 18.0. The van der Waals surface area contributed by atoms with Crippen molar-refractivity contribution in [3.63, 3.8) is 0 Å². The van der Waals surface area contributed by atoms with E-state index in [2.05, 4.69) is 5.32 Å². The van der Waals surface area contributed by atoms with Crippen molar-refractivity contribution in [2.45, 2.75) is 20.8 Å². The summed E-state index contributed by atoms with van der Waals surface area (Å²) in [6.07, 6.45) is 0. The van der Waals surface area contributed by atoms with Gasteiger partial charge in [-0.1, -0.05) is 53.6 Å². The minimum atomic E-state index is -0.395. The van der Waals surface area contributed by atoms with Gasteiger partial charge in [-0.2, -0.15) is 0 Å². The molecule has 3 aromatic carbocycles. The van der Waals surface area contributed by atoms with Crippen LogP contribution in [0.25, 0.3) is 5.57 Å². The molecular weight excluding hydrogens is 388 g/mol. The van der Waals surface area contributed by atoms with Crippen LogP contribution >= 0.6 is 0 Å². The van der Waals surface area contributed by atoms with E-state index in [0.29, 0.717) is 28.3 Å². The Labute approximate surface area is 182 Å². The number of nitrogens with zero attached hydrogens (tertiary/aromatic N) is 1. The van der Waals surface area contributed by atoms with E-state index in [1.807, 2.05) is 75.4 Å². The van der Waals surface area contributed by atoms with Crippen molar-refractivity contribution in [3.8, 4) is 5.75 Å². The van der Waals surface area contributed by atoms with Crippen LogP contribution in [0.2, 0.25) is 0 Å². The lowest BCUT2D eigenvalue weighted by Crippen LogP contribution is -2.32. The molecule has 2 amide bonds. The molecule has 0 atom stereocenters. The highest BCUT2D eigenvalue weighted by Gasteiger charge is 2.40. The quantitative estimate of drug-likeness (QED) is 0.598. The summed E-state index contributed by atoms with van der Waals surface area (Å²) in [6, 6.07) is 20.6. The van der Waals surface area contributed by atoms with Gasteiger partial charge in [0.05, 0.1) is 24.1 Å². The normalized spacial score (nSPS) is 13.7. The maximum absolute atomic E-state index is 13.5. The van der Waals surface area contributed by atoms with Gasteiger partial charge < -0.3 is 10.1 Å². The second kappa shape index (κ2) is 8.11. The van der Waals surface area contributed by atoms with Gasteiger partial charge in [0.25, 0.3) is 11.8 Å². The number of hydrogen-bond donors (Lipinski definition) is 1. The Balaban J connectivity index is 1.85. The Kier molecular flexibility index (Phi) is 5.34. The van der Waals surface area contributed by atoms with E-state index in [-0.39, 0.29) is 11.6 Å². The standard InChI is InChI=1S/C26H24N2O3/c1-16-5-10-19(11-6-16)23-24(27-21-15-18(3)9-14-22(21)31-4)26(30)28(25(23)29)20-12-7-17(2)8-13-20/h5-15,27H,1-4H3. The van der Waals surface area contributed by atoms with Crippen LogP contribution in [0.5, 0.6) is 5.75 Å². The molecule has 3 aromatic rings. The van der Waals surface area contributed by atoms with Gasteiger partial charge in [-0.3, -0.25) is 9.59 Å². The van der Waals surface area contributed by atoms with Crippen LogP contribution in [0.15, 0.2) is 72.4 Å². The minimum Gasteiger partial charge on any atom is -0.495 e. The molecule has 4 rings (SSSR count). The van der Waals surface area contributed by atoms with Gasteiger partial charge in [-0.25, -0.2) is 4.90 Å². The number of methoxy groups -OCH3 is 1. The van der Waals surface area contributed by atoms with Gasteiger partial charge in [0.1, 0.15) is 11.4 Å². The first-order chi connectivity index (χ1) is 14.9. The molecule has 0 saturated carbocycles. The maximum atomic E-state index is 13.5. The molecule has 31 heavy (non-hydrogen) atoms. The van der Waals surface area contributed by atoms with Crippen molar-refractivity contribution in [1.29, 1.82) is 0 Å². The van der Waals surface area contributed by atoms with Crippen molar-refractivity contribution in [2.75, 3.05) is 17.3 Å². The summed E-state index contributed by atoms with van der Waals surface area (Å²) in [4.78, 5) is 28.2. The van der Waals surface area contributed by atoms with Crippen LogP contribution < -0.4 is 15.0 Å². The van der Waals surface area contributed by atoms with Crippen LogP contribution in [0.3, 0.4) is 0 Å². The van der Waals surface area contributed by atoms with Crippen molar-refractivity contribution in [1.82, 2.24) is 0 Å². The molecule has 1 N–H and O–H groups in total. The summed E-state index contributed by atoms with van der Waals surface area (Å²) >= 11 is 0. The van der Waals surface area contributed by atoms with Crippen LogP contribution in [0.4, 0.5) is 11.4 Å². The number of carbonyl (C=O) groups is 2. The highest BCUT2D eigenvalue weighted by Crippen LogP contribution is 2.36. The zero-order valence-electron chi connectivity index (χ0n) is 18.0. The number of amides is 2. The molecule has 0 radical (unpaired) electrons. The molecule has 1 aliphatic heterocycles. The lowest BCUT2D eigenvalue weighted by atomic mass is 10.0. The van der Waals surface area contributed by atoms with Gasteiger partial charge in [0, 0.05) is 0 Å². The molecule has 0 spiro atoms. The average molecular weight is 412 g/mol. The largest absolute Gasteiger partial charge is 0.495 e. The molecule has 0 saturated heterocycles. The Morgan fingerprint density at radius 3 is 1.94 bits per heavy atom. The van der Waals surface area contributed by atoms with Gasteiger partial charge in [-0.05, 0) is 56.2 Å². The van der Waals surface area contributed by atoms with E-state index in [1.54, 1.807) is 19.2 Å². The Morgan fingerprint density at radius 1 is 0.742 bits per heavy atom. The van der Waals surface area contributed by atoms with Gasteiger partial charge in [-0.15, -0.1) is 0 Å². The number of ether oxygens (including phenoxy) is 1. The summed E-state index contributed by atoms with van der Waals surface area (Å²) < 4.78 is 5.46. The summed E-state index contributed by atoms with van der Waals surface area (Å²) in [6.45, 7) is 5.90. The van der Waals surface area contributed by atoms with Crippen molar-refractivity contribution < 1.29 is 14.3 Å². The first-order valence-corrected chi connectivity index (χ1v) is 10.1. The number of anilines is 2. The third kappa shape index (κ3) is 3.82. The lowest BCUT2D eigenvalue weighted by molar-refractivity contribution is -0.120. The molecule has 1 heterocycles. The number of nitrogens with one attached hydrogen (secondary N) is 1. The number of hydrogen-bond acceptors (Lipinski definition) is 4. The SMILES string of the molecule is COc1ccc(C)cc1NC1=C(c2ccc(C)cc2)C(=O)N(c2ccc(C)cc2)C1=O. The summed E-state index contributed by atoms with van der Waals surface area (Å²) in [5.41, 5.74) is 5.57. The van der Waals surface area contributed by atoms with E-state index in [0.717, 1.165) is 16.7 Å². The fourth-order valence-electron chi connectivity index (χ4n) is 3.62. The van der Waals surface area contributed by atoms with Crippen molar-refractivity contribution in [3.05, 3.63) is 94.7 Å². The monoisotopic (exact) mass is 412 g/mol. The molecule has 0 aliphatic carbocycles. The number of imide groups is 1. The van der Waals surface area contributed by atoms with Crippen molar-refractivity contribution >= 4 is 28.8 Å². The van der Waals surface area contributed by atoms with E-state index in [1.165, 1.54) is 4.90 Å².